The third-order valence-corrected chi connectivity index (χ3v) is 3.95. The van der Waals surface area contributed by atoms with E-state index in [1.807, 2.05) is 0 Å². The van der Waals surface area contributed by atoms with Crippen LogP contribution in [0.25, 0.3) is 0 Å². The molecule has 1 aromatic rings. The van der Waals surface area contributed by atoms with Crippen LogP contribution in [0.3, 0.4) is 0 Å². The number of carbonyl (C=O) groups excluding carboxylic acids is 1. The number of carbonyl (C=O) groups is 1. The van der Waals surface area contributed by atoms with Crippen LogP contribution in [-0.2, 0) is 11.2 Å². The Morgan fingerprint density at radius 1 is 1.40 bits per heavy atom. The van der Waals surface area contributed by atoms with Crippen molar-refractivity contribution in [3.63, 3.8) is 0 Å². The minimum absolute atomic E-state index is 0.0402. The molecule has 1 aliphatic rings. The second-order valence-electron chi connectivity index (χ2n) is 4.84. The van der Waals surface area contributed by atoms with Gasteiger partial charge in [0, 0.05) is 18.0 Å². The lowest BCUT2D eigenvalue weighted by Crippen LogP contribution is -2.47. The van der Waals surface area contributed by atoms with Crippen LogP contribution in [0.1, 0.15) is 12.0 Å². The van der Waals surface area contributed by atoms with E-state index in [-0.39, 0.29) is 23.6 Å². The summed E-state index contributed by atoms with van der Waals surface area (Å²) in [5, 5.41) is 2.54. The topological polar surface area (TPSA) is 29.1 Å². The number of rotatable bonds is 3. The summed E-state index contributed by atoms with van der Waals surface area (Å²) >= 11 is 5.75. The number of Topliss-reactive ketones (excluding diaryl/α,β-unsaturated/α-hetero) is 1. The molecule has 2 nitrogen and oxygen atoms in total. The molecule has 0 bridgehead atoms. The molecular weight excluding hydrogens is 298 g/mol. The molecule has 20 heavy (non-hydrogen) atoms. The molecule has 1 heterocycles. The van der Waals surface area contributed by atoms with E-state index in [1.54, 1.807) is 0 Å². The maximum Gasteiger partial charge on any atom is 0.402 e. The van der Waals surface area contributed by atoms with E-state index in [0.29, 0.717) is 0 Å². The number of alkyl halides is 3. The van der Waals surface area contributed by atoms with Gasteiger partial charge in [-0.3, -0.25) is 4.79 Å². The Morgan fingerprint density at radius 2 is 2.10 bits per heavy atom. The molecule has 1 aromatic carbocycles. The lowest BCUT2D eigenvalue weighted by molar-refractivity contribution is -0.214. The third-order valence-electron chi connectivity index (χ3n) is 3.60. The van der Waals surface area contributed by atoms with E-state index in [1.165, 1.54) is 6.07 Å². The molecule has 0 aromatic heterocycles. The maximum atomic E-state index is 13.2. The highest BCUT2D eigenvalue weighted by Crippen LogP contribution is 2.44. The molecule has 1 fully saturated rings. The fourth-order valence-corrected chi connectivity index (χ4v) is 2.57. The second-order valence-corrected chi connectivity index (χ2v) is 5.25. The number of halogens is 5. The number of nitrogens with one attached hydrogen (secondary N) is 1. The highest BCUT2D eigenvalue weighted by molar-refractivity contribution is 6.31. The van der Waals surface area contributed by atoms with Gasteiger partial charge < -0.3 is 5.32 Å². The zero-order valence-electron chi connectivity index (χ0n) is 10.4. The summed E-state index contributed by atoms with van der Waals surface area (Å²) in [6, 6.07) is 3.29. The molecule has 1 aliphatic heterocycles. The Balaban J connectivity index is 2.26. The molecular formula is C13H12ClF4NO. The summed E-state index contributed by atoms with van der Waals surface area (Å²) < 4.78 is 52.4. The molecule has 7 heteroatoms. The Bertz CT molecular complexity index is 524. The predicted octanol–water partition coefficient (Wildman–Crippen LogP) is 3.13. The van der Waals surface area contributed by atoms with Gasteiger partial charge in [-0.25, -0.2) is 4.39 Å². The summed E-state index contributed by atoms with van der Waals surface area (Å²) in [5.41, 5.74) is -2.17. The van der Waals surface area contributed by atoms with Crippen LogP contribution in [-0.4, -0.2) is 25.0 Å². The van der Waals surface area contributed by atoms with E-state index < -0.39 is 36.2 Å². The minimum atomic E-state index is -4.61. The average Bonchev–Trinajstić information content (AvgIpc) is 2.82. The van der Waals surface area contributed by atoms with Crippen molar-refractivity contribution in [3.05, 3.63) is 34.6 Å². The average molecular weight is 310 g/mol. The monoisotopic (exact) mass is 309 g/mol. The van der Waals surface area contributed by atoms with Gasteiger partial charge in [-0.1, -0.05) is 17.7 Å². The van der Waals surface area contributed by atoms with Gasteiger partial charge in [0.05, 0.1) is 0 Å². The van der Waals surface area contributed by atoms with Gasteiger partial charge in [0.15, 0.2) is 5.78 Å². The van der Waals surface area contributed by atoms with E-state index in [2.05, 4.69) is 5.32 Å². The van der Waals surface area contributed by atoms with Gasteiger partial charge in [-0.2, -0.15) is 13.2 Å². The summed E-state index contributed by atoms with van der Waals surface area (Å²) in [5.74, 6) is -1.54. The molecule has 0 aliphatic carbocycles. The van der Waals surface area contributed by atoms with Crippen LogP contribution in [0.2, 0.25) is 5.02 Å². The summed E-state index contributed by atoms with van der Waals surface area (Å²) in [6.45, 7) is -0.281. The van der Waals surface area contributed by atoms with E-state index in [4.69, 9.17) is 11.6 Å². The number of hydrogen-bond acceptors (Lipinski definition) is 2. The van der Waals surface area contributed by atoms with Crippen molar-refractivity contribution < 1.29 is 22.4 Å². The first-order chi connectivity index (χ1) is 9.26. The lowest BCUT2D eigenvalue weighted by Gasteiger charge is -2.29. The van der Waals surface area contributed by atoms with Crippen LogP contribution in [0.4, 0.5) is 17.6 Å². The van der Waals surface area contributed by atoms with Crippen LogP contribution in [0.15, 0.2) is 18.2 Å². The van der Waals surface area contributed by atoms with Crippen molar-refractivity contribution in [2.45, 2.75) is 19.0 Å². The standard InChI is InChI=1S/C13H12ClF4NO/c14-10-6-9(15)2-1-8(10)5-11(20)12(13(16,17)18)3-4-19-7-12/h1-2,6,19H,3-5,7H2. The van der Waals surface area contributed by atoms with Crippen molar-refractivity contribution in [1.29, 1.82) is 0 Å². The van der Waals surface area contributed by atoms with Crippen molar-refractivity contribution in [2.24, 2.45) is 5.41 Å². The Labute approximate surface area is 118 Å². The molecule has 2 rings (SSSR count). The van der Waals surface area contributed by atoms with Crippen LogP contribution in [0, 0.1) is 11.2 Å². The molecule has 1 atom stereocenters. The van der Waals surface area contributed by atoms with Crippen molar-refractivity contribution in [3.8, 4) is 0 Å². The molecule has 0 spiro atoms. The largest absolute Gasteiger partial charge is 0.402 e. The highest BCUT2D eigenvalue weighted by Gasteiger charge is 2.60. The Morgan fingerprint density at radius 3 is 2.60 bits per heavy atom. The highest BCUT2D eigenvalue weighted by atomic mass is 35.5. The Hall–Kier alpha value is -1.14. The molecule has 0 radical (unpaired) electrons. The van der Waals surface area contributed by atoms with Gasteiger partial charge in [-0.05, 0) is 30.7 Å². The summed E-state index contributed by atoms with van der Waals surface area (Å²) in [7, 11) is 0. The van der Waals surface area contributed by atoms with E-state index in [0.717, 1.165) is 12.1 Å². The first-order valence-electron chi connectivity index (χ1n) is 6.01. The first kappa shape index (κ1) is 15.3. The van der Waals surface area contributed by atoms with Crippen LogP contribution >= 0.6 is 11.6 Å². The fraction of sp³-hybridized carbons (Fsp3) is 0.462. The lowest BCUT2D eigenvalue weighted by atomic mass is 9.79. The van der Waals surface area contributed by atoms with Gasteiger partial charge in [0.1, 0.15) is 11.2 Å². The van der Waals surface area contributed by atoms with Crippen molar-refractivity contribution >= 4 is 17.4 Å². The Kier molecular flexibility index (Phi) is 4.07. The second kappa shape index (κ2) is 5.33. The summed E-state index contributed by atoms with van der Waals surface area (Å²) in [6.07, 6.45) is -5.35. The summed E-state index contributed by atoms with van der Waals surface area (Å²) in [4.78, 5) is 12.1. The normalized spacial score (nSPS) is 23.1. The maximum absolute atomic E-state index is 13.2. The quantitative estimate of drug-likeness (QED) is 0.869. The number of hydrogen-bond donors (Lipinski definition) is 1. The zero-order valence-corrected chi connectivity index (χ0v) is 11.1. The molecule has 1 N–H and O–H groups in total. The molecule has 1 unspecified atom stereocenters. The van der Waals surface area contributed by atoms with E-state index in [9.17, 15) is 22.4 Å². The van der Waals surface area contributed by atoms with Crippen molar-refractivity contribution in [2.75, 3.05) is 13.1 Å². The first-order valence-corrected chi connectivity index (χ1v) is 6.39. The van der Waals surface area contributed by atoms with Crippen LogP contribution < -0.4 is 5.32 Å². The minimum Gasteiger partial charge on any atom is -0.315 e. The zero-order chi connectivity index (χ0) is 15.0. The third kappa shape index (κ3) is 2.67. The molecule has 0 amide bonds. The molecule has 110 valence electrons. The van der Waals surface area contributed by atoms with E-state index >= 15 is 0 Å². The van der Waals surface area contributed by atoms with Gasteiger partial charge in [0.25, 0.3) is 0 Å². The fourth-order valence-electron chi connectivity index (χ4n) is 2.34. The number of benzene rings is 1. The SMILES string of the molecule is O=C(Cc1ccc(F)cc1Cl)C1(C(F)(F)F)CCNC1. The molecule has 1 saturated heterocycles. The molecule has 0 saturated carbocycles. The van der Waals surface area contributed by atoms with Crippen LogP contribution in [0.5, 0.6) is 0 Å². The van der Waals surface area contributed by atoms with Gasteiger partial charge in [-0.15, -0.1) is 0 Å². The number of ketones is 1. The smallest absolute Gasteiger partial charge is 0.315 e. The predicted molar refractivity (Wildman–Crippen MR) is 66.1 cm³/mol. The van der Waals surface area contributed by atoms with Crippen molar-refractivity contribution in [1.82, 2.24) is 5.32 Å². The van der Waals surface area contributed by atoms with Gasteiger partial charge in [0.2, 0.25) is 0 Å². The van der Waals surface area contributed by atoms with Gasteiger partial charge >= 0.3 is 6.18 Å².